The lowest BCUT2D eigenvalue weighted by Gasteiger charge is -2.14. The van der Waals surface area contributed by atoms with Crippen molar-refractivity contribution >= 4 is 23.3 Å². The Morgan fingerprint density at radius 3 is 2.86 bits per heavy atom. The molecule has 1 aromatic carbocycles. The average molecular weight is 409 g/mol. The molecular formula is C22H21ClN4O2. The van der Waals surface area contributed by atoms with Crippen LogP contribution in [0.3, 0.4) is 0 Å². The number of esters is 1. The van der Waals surface area contributed by atoms with Gasteiger partial charge in [-0.15, -0.1) is 0 Å². The summed E-state index contributed by atoms with van der Waals surface area (Å²) in [5, 5.41) is 0.622. The van der Waals surface area contributed by atoms with Gasteiger partial charge in [0.1, 0.15) is 11.9 Å². The SMILES string of the molecule is CCOC(=O)CC[C@@H]1N=C(c2ccccn2)c2cc(Cl)ccc2-n2c(C)cnc21. The second kappa shape index (κ2) is 8.17. The molecule has 0 N–H and O–H groups in total. The van der Waals surface area contributed by atoms with Crippen molar-refractivity contribution in [2.75, 3.05) is 6.61 Å². The highest BCUT2D eigenvalue weighted by molar-refractivity contribution is 6.31. The Morgan fingerprint density at radius 1 is 1.24 bits per heavy atom. The summed E-state index contributed by atoms with van der Waals surface area (Å²) in [6.07, 6.45) is 4.32. The Labute approximate surface area is 174 Å². The summed E-state index contributed by atoms with van der Waals surface area (Å²) in [6, 6.07) is 11.1. The van der Waals surface area contributed by atoms with Crippen LogP contribution in [-0.4, -0.2) is 32.8 Å². The molecule has 0 saturated heterocycles. The van der Waals surface area contributed by atoms with Crippen molar-refractivity contribution in [1.29, 1.82) is 0 Å². The number of rotatable bonds is 5. The summed E-state index contributed by atoms with van der Waals surface area (Å²) in [5.74, 6) is 0.558. The van der Waals surface area contributed by atoms with Crippen LogP contribution in [0.5, 0.6) is 0 Å². The number of carbonyl (C=O) groups is 1. The van der Waals surface area contributed by atoms with Crippen LogP contribution >= 0.6 is 11.6 Å². The first-order valence-corrected chi connectivity index (χ1v) is 9.95. The van der Waals surface area contributed by atoms with E-state index >= 15 is 0 Å². The summed E-state index contributed by atoms with van der Waals surface area (Å²) in [7, 11) is 0. The summed E-state index contributed by atoms with van der Waals surface area (Å²) >= 11 is 6.34. The molecule has 0 spiro atoms. The van der Waals surface area contributed by atoms with Crippen LogP contribution in [0.4, 0.5) is 0 Å². The van der Waals surface area contributed by atoms with Gasteiger partial charge in [-0.3, -0.25) is 19.3 Å². The van der Waals surface area contributed by atoms with E-state index in [0.29, 0.717) is 18.1 Å². The lowest BCUT2D eigenvalue weighted by Crippen LogP contribution is -2.10. The van der Waals surface area contributed by atoms with Crippen molar-refractivity contribution in [3.63, 3.8) is 0 Å². The Hall–Kier alpha value is -2.99. The van der Waals surface area contributed by atoms with Crippen molar-refractivity contribution in [2.24, 2.45) is 4.99 Å². The maximum atomic E-state index is 12.0. The fraction of sp³-hybridized carbons (Fsp3) is 0.273. The smallest absolute Gasteiger partial charge is 0.305 e. The number of aromatic nitrogens is 3. The number of benzene rings is 1. The van der Waals surface area contributed by atoms with Gasteiger partial charge in [0, 0.05) is 35.1 Å². The minimum absolute atomic E-state index is 0.235. The number of pyridine rings is 1. The number of hydrogen-bond donors (Lipinski definition) is 0. The predicted molar refractivity (Wildman–Crippen MR) is 112 cm³/mol. The molecule has 0 bridgehead atoms. The molecule has 4 rings (SSSR count). The topological polar surface area (TPSA) is 69.4 Å². The molecule has 148 valence electrons. The lowest BCUT2D eigenvalue weighted by atomic mass is 10.0. The molecule has 0 aliphatic carbocycles. The third-order valence-electron chi connectivity index (χ3n) is 4.84. The van der Waals surface area contributed by atoms with Crippen LogP contribution in [0.1, 0.15) is 48.6 Å². The minimum Gasteiger partial charge on any atom is -0.466 e. The van der Waals surface area contributed by atoms with Gasteiger partial charge in [0.2, 0.25) is 0 Å². The maximum Gasteiger partial charge on any atom is 0.305 e. The monoisotopic (exact) mass is 408 g/mol. The first-order chi connectivity index (χ1) is 14.1. The summed E-state index contributed by atoms with van der Waals surface area (Å²) < 4.78 is 7.19. The minimum atomic E-state index is -0.309. The van der Waals surface area contributed by atoms with Gasteiger partial charge in [0.15, 0.2) is 0 Å². The quantitative estimate of drug-likeness (QED) is 0.584. The van der Waals surface area contributed by atoms with E-state index in [1.54, 1.807) is 13.1 Å². The van der Waals surface area contributed by atoms with Crippen molar-refractivity contribution in [3.05, 3.63) is 76.6 Å². The molecule has 6 nitrogen and oxygen atoms in total. The Kier molecular flexibility index (Phi) is 5.45. The Bertz CT molecular complexity index is 1080. The van der Waals surface area contributed by atoms with E-state index in [-0.39, 0.29) is 18.4 Å². The Morgan fingerprint density at radius 2 is 2.10 bits per heavy atom. The molecule has 0 amide bonds. The van der Waals surface area contributed by atoms with Gasteiger partial charge in [-0.05, 0) is 50.6 Å². The van der Waals surface area contributed by atoms with Crippen molar-refractivity contribution < 1.29 is 9.53 Å². The molecule has 3 heterocycles. The zero-order valence-electron chi connectivity index (χ0n) is 16.3. The predicted octanol–water partition coefficient (Wildman–Crippen LogP) is 4.46. The maximum absolute atomic E-state index is 12.0. The fourth-order valence-corrected chi connectivity index (χ4v) is 3.74. The zero-order valence-corrected chi connectivity index (χ0v) is 17.1. The van der Waals surface area contributed by atoms with E-state index in [0.717, 1.165) is 34.2 Å². The van der Waals surface area contributed by atoms with Gasteiger partial charge < -0.3 is 4.74 Å². The third-order valence-corrected chi connectivity index (χ3v) is 5.07. The second-order valence-electron chi connectivity index (χ2n) is 6.81. The zero-order chi connectivity index (χ0) is 20.4. The molecule has 7 heteroatoms. The fourth-order valence-electron chi connectivity index (χ4n) is 3.57. The van der Waals surface area contributed by atoms with Crippen LogP contribution in [0.15, 0.2) is 53.8 Å². The summed E-state index contributed by atoms with van der Waals surface area (Å²) in [5.41, 5.74) is 4.31. The van der Waals surface area contributed by atoms with E-state index < -0.39 is 0 Å². The number of carbonyl (C=O) groups excluding carboxylic acids is 1. The highest BCUT2D eigenvalue weighted by Crippen LogP contribution is 2.34. The number of hydrogen-bond acceptors (Lipinski definition) is 5. The van der Waals surface area contributed by atoms with Crippen molar-refractivity contribution in [3.8, 4) is 5.69 Å². The summed E-state index contributed by atoms with van der Waals surface area (Å²) in [4.78, 5) is 26.1. The number of aliphatic imine (C=N–C) groups is 1. The first-order valence-electron chi connectivity index (χ1n) is 9.58. The molecule has 1 aliphatic rings. The number of nitrogens with zero attached hydrogens (tertiary/aromatic N) is 4. The largest absolute Gasteiger partial charge is 0.466 e. The molecule has 1 aliphatic heterocycles. The van der Waals surface area contributed by atoms with Crippen molar-refractivity contribution in [2.45, 2.75) is 32.7 Å². The normalized spacial score (nSPS) is 15.1. The van der Waals surface area contributed by atoms with Crippen LogP contribution in [-0.2, 0) is 9.53 Å². The Balaban J connectivity index is 1.87. The van der Waals surface area contributed by atoms with Crippen LogP contribution < -0.4 is 0 Å². The van der Waals surface area contributed by atoms with E-state index in [4.69, 9.17) is 21.3 Å². The van der Waals surface area contributed by atoms with Crippen LogP contribution in [0.2, 0.25) is 5.02 Å². The van der Waals surface area contributed by atoms with Gasteiger partial charge >= 0.3 is 5.97 Å². The first kappa shape index (κ1) is 19.3. The molecule has 0 unspecified atom stereocenters. The number of ether oxygens (including phenoxy) is 1. The second-order valence-corrected chi connectivity index (χ2v) is 7.24. The standard InChI is InChI=1S/C22H21ClN4O2/c1-3-29-20(28)10-8-18-22-25-13-14(2)27(22)19-9-7-15(23)12-16(19)21(26-18)17-6-4-5-11-24-17/h4-7,9,11-13,18H,3,8,10H2,1-2H3/t18-/m0/s1. The highest BCUT2D eigenvalue weighted by Gasteiger charge is 2.28. The third kappa shape index (κ3) is 3.80. The number of fused-ring (bicyclic) bond motifs is 3. The number of aryl methyl sites for hydroxylation is 1. The molecule has 0 fully saturated rings. The summed E-state index contributed by atoms with van der Waals surface area (Å²) in [6.45, 7) is 4.17. The molecule has 0 saturated carbocycles. The van der Waals surface area contributed by atoms with Crippen LogP contribution in [0, 0.1) is 6.92 Å². The molecule has 29 heavy (non-hydrogen) atoms. The molecule has 0 radical (unpaired) electrons. The van der Waals surface area contributed by atoms with Crippen molar-refractivity contribution in [1.82, 2.24) is 14.5 Å². The average Bonchev–Trinajstić information content (AvgIpc) is 3.03. The van der Waals surface area contributed by atoms with E-state index in [9.17, 15) is 4.79 Å². The molecular weight excluding hydrogens is 388 g/mol. The number of halogens is 1. The lowest BCUT2D eigenvalue weighted by molar-refractivity contribution is -0.143. The van der Waals surface area contributed by atoms with E-state index in [2.05, 4.69) is 14.5 Å². The van der Waals surface area contributed by atoms with E-state index in [1.165, 1.54) is 0 Å². The molecule has 2 aromatic heterocycles. The van der Waals surface area contributed by atoms with E-state index in [1.807, 2.05) is 49.5 Å². The van der Waals surface area contributed by atoms with Gasteiger partial charge in [0.25, 0.3) is 0 Å². The molecule has 3 aromatic rings. The van der Waals surface area contributed by atoms with Gasteiger partial charge in [0.05, 0.1) is 23.7 Å². The van der Waals surface area contributed by atoms with Crippen LogP contribution in [0.25, 0.3) is 5.69 Å². The number of imidazole rings is 1. The van der Waals surface area contributed by atoms with Gasteiger partial charge in [-0.1, -0.05) is 17.7 Å². The van der Waals surface area contributed by atoms with Gasteiger partial charge in [-0.25, -0.2) is 4.98 Å². The van der Waals surface area contributed by atoms with Gasteiger partial charge in [-0.2, -0.15) is 0 Å². The molecule has 1 atom stereocenters. The highest BCUT2D eigenvalue weighted by atomic mass is 35.5.